The summed E-state index contributed by atoms with van der Waals surface area (Å²) < 4.78 is 24.7. The number of aromatic nitrogens is 1. The van der Waals surface area contributed by atoms with Gasteiger partial charge in [-0.15, -0.1) is 0 Å². The fraction of sp³-hybridized carbons (Fsp3) is 0.143. The molecule has 15 heavy (non-hydrogen) atoms. The van der Waals surface area contributed by atoms with Gasteiger partial charge >= 0.3 is 5.69 Å². The van der Waals surface area contributed by atoms with Gasteiger partial charge in [-0.05, 0) is 0 Å². The Morgan fingerprint density at radius 2 is 2.20 bits per heavy atom. The van der Waals surface area contributed by atoms with Crippen LogP contribution in [0.1, 0.15) is 22.3 Å². The van der Waals surface area contributed by atoms with E-state index < -0.39 is 34.0 Å². The molecule has 0 aromatic carbocycles. The van der Waals surface area contributed by atoms with Crippen molar-refractivity contribution in [2.45, 2.75) is 6.43 Å². The van der Waals surface area contributed by atoms with Gasteiger partial charge < -0.3 is 5.73 Å². The van der Waals surface area contributed by atoms with Gasteiger partial charge in [0.05, 0.1) is 10.5 Å². The van der Waals surface area contributed by atoms with Crippen LogP contribution >= 0.6 is 0 Å². The second-order valence-corrected chi connectivity index (χ2v) is 2.54. The molecule has 1 aromatic heterocycles. The highest BCUT2D eigenvalue weighted by atomic mass is 19.3. The van der Waals surface area contributed by atoms with E-state index >= 15 is 0 Å². The highest BCUT2D eigenvalue weighted by Crippen LogP contribution is 2.30. The number of anilines is 1. The van der Waals surface area contributed by atoms with Crippen LogP contribution in [0.15, 0.2) is 6.20 Å². The molecule has 0 radical (unpaired) electrons. The summed E-state index contributed by atoms with van der Waals surface area (Å²) in [5, 5.41) is 10.5. The van der Waals surface area contributed by atoms with Crippen molar-refractivity contribution in [3.8, 4) is 0 Å². The second-order valence-electron chi connectivity index (χ2n) is 2.54. The quantitative estimate of drug-likeness (QED) is 0.467. The smallest absolute Gasteiger partial charge is 0.322 e. The average molecular weight is 217 g/mol. The molecule has 0 bridgehead atoms. The molecule has 0 aliphatic carbocycles. The van der Waals surface area contributed by atoms with Crippen molar-refractivity contribution in [2.75, 3.05) is 5.73 Å². The first kappa shape index (κ1) is 11.0. The number of aldehydes is 1. The molecule has 0 aliphatic rings. The number of carbonyl (C=O) groups is 1. The molecule has 0 saturated carbocycles. The number of hydrogen-bond donors (Lipinski definition) is 1. The van der Waals surface area contributed by atoms with Gasteiger partial charge in [0.2, 0.25) is 5.82 Å². The Bertz CT molecular complexity index is 422. The van der Waals surface area contributed by atoms with E-state index in [4.69, 9.17) is 5.73 Å². The lowest BCUT2D eigenvalue weighted by atomic mass is 10.1. The van der Waals surface area contributed by atoms with Crippen LogP contribution in [-0.4, -0.2) is 16.2 Å². The van der Waals surface area contributed by atoms with Gasteiger partial charge in [0.25, 0.3) is 6.43 Å². The molecule has 0 atom stereocenters. The van der Waals surface area contributed by atoms with Crippen LogP contribution in [0.4, 0.5) is 20.3 Å². The van der Waals surface area contributed by atoms with E-state index in [2.05, 4.69) is 4.98 Å². The van der Waals surface area contributed by atoms with Gasteiger partial charge in [-0.2, -0.15) is 0 Å². The van der Waals surface area contributed by atoms with Gasteiger partial charge in [0.1, 0.15) is 5.56 Å². The molecular formula is C7H5F2N3O3. The Morgan fingerprint density at radius 3 is 2.60 bits per heavy atom. The number of nitrogens with two attached hydrogens (primary N) is 1. The highest BCUT2D eigenvalue weighted by molar-refractivity contribution is 5.86. The summed E-state index contributed by atoms with van der Waals surface area (Å²) in [7, 11) is 0. The zero-order valence-corrected chi connectivity index (χ0v) is 7.18. The number of alkyl halides is 2. The third kappa shape index (κ3) is 1.87. The van der Waals surface area contributed by atoms with Crippen molar-refractivity contribution in [3.63, 3.8) is 0 Å². The molecule has 2 N–H and O–H groups in total. The third-order valence-electron chi connectivity index (χ3n) is 1.69. The van der Waals surface area contributed by atoms with Crippen LogP contribution in [0.5, 0.6) is 0 Å². The molecule has 0 spiro atoms. The minimum Gasteiger partial charge on any atom is -0.378 e. The van der Waals surface area contributed by atoms with Crippen LogP contribution < -0.4 is 5.73 Å². The van der Waals surface area contributed by atoms with Crippen LogP contribution in [-0.2, 0) is 0 Å². The predicted octanol–water partition coefficient (Wildman–Crippen LogP) is 1.32. The van der Waals surface area contributed by atoms with Crippen molar-refractivity contribution in [1.29, 1.82) is 0 Å². The molecule has 0 amide bonds. The Labute approximate surface area is 81.9 Å². The number of carbonyl (C=O) groups excluding carboxylic acids is 1. The lowest BCUT2D eigenvalue weighted by Crippen LogP contribution is -2.06. The Hall–Kier alpha value is -2.12. The molecule has 1 heterocycles. The van der Waals surface area contributed by atoms with E-state index in [9.17, 15) is 23.7 Å². The number of nitrogen functional groups attached to an aromatic ring is 1. The first-order chi connectivity index (χ1) is 6.99. The molecule has 0 unspecified atom stereocenters. The molecular weight excluding hydrogens is 212 g/mol. The van der Waals surface area contributed by atoms with Crippen LogP contribution in [0.25, 0.3) is 0 Å². The zero-order valence-electron chi connectivity index (χ0n) is 7.18. The van der Waals surface area contributed by atoms with Gasteiger partial charge in [-0.3, -0.25) is 14.9 Å². The van der Waals surface area contributed by atoms with E-state index in [1.54, 1.807) is 0 Å². The predicted molar refractivity (Wildman–Crippen MR) is 45.6 cm³/mol. The topological polar surface area (TPSA) is 99.1 Å². The van der Waals surface area contributed by atoms with Crippen LogP contribution in [0.2, 0.25) is 0 Å². The molecule has 1 rings (SSSR count). The van der Waals surface area contributed by atoms with E-state index in [-0.39, 0.29) is 6.29 Å². The second kappa shape index (κ2) is 3.95. The molecule has 0 aliphatic heterocycles. The Morgan fingerprint density at radius 1 is 1.60 bits per heavy atom. The maximum Gasteiger partial charge on any atom is 0.322 e. The number of pyridine rings is 1. The summed E-state index contributed by atoms with van der Waals surface area (Å²) in [6.45, 7) is 0. The van der Waals surface area contributed by atoms with E-state index in [1.165, 1.54) is 0 Å². The van der Waals surface area contributed by atoms with Crippen molar-refractivity contribution in [2.24, 2.45) is 0 Å². The SMILES string of the molecule is Nc1ncc(C(F)F)c(C=O)c1[N+](=O)[O-]. The molecule has 1 aromatic rings. The van der Waals surface area contributed by atoms with E-state index in [0.717, 1.165) is 0 Å². The van der Waals surface area contributed by atoms with Crippen LogP contribution in [0, 0.1) is 10.1 Å². The lowest BCUT2D eigenvalue weighted by molar-refractivity contribution is -0.384. The fourth-order valence-electron chi connectivity index (χ4n) is 1.03. The highest BCUT2D eigenvalue weighted by Gasteiger charge is 2.26. The zero-order chi connectivity index (χ0) is 11.6. The van der Waals surface area contributed by atoms with Gasteiger partial charge in [-0.1, -0.05) is 0 Å². The normalized spacial score (nSPS) is 10.3. The first-order valence-electron chi connectivity index (χ1n) is 3.65. The summed E-state index contributed by atoms with van der Waals surface area (Å²) in [6.07, 6.45) is -2.40. The largest absolute Gasteiger partial charge is 0.378 e. The van der Waals surface area contributed by atoms with Crippen molar-refractivity contribution < 1.29 is 18.5 Å². The Kier molecular flexibility index (Phi) is 2.88. The standard InChI is InChI=1S/C7H5F2N3O3/c8-6(9)3-1-11-7(10)5(12(14)15)4(3)2-13/h1-2,6H,(H2,10,11). The maximum atomic E-state index is 12.3. The van der Waals surface area contributed by atoms with E-state index in [1.807, 2.05) is 0 Å². The third-order valence-corrected chi connectivity index (χ3v) is 1.69. The average Bonchev–Trinajstić information content (AvgIpc) is 2.15. The van der Waals surface area contributed by atoms with Crippen molar-refractivity contribution in [3.05, 3.63) is 27.4 Å². The first-order valence-corrected chi connectivity index (χ1v) is 3.65. The van der Waals surface area contributed by atoms with Crippen molar-refractivity contribution >= 4 is 17.8 Å². The number of nitrogens with zero attached hydrogens (tertiary/aromatic N) is 2. The number of nitro groups is 1. The minimum atomic E-state index is -3.02. The summed E-state index contributed by atoms with van der Waals surface area (Å²) in [6, 6.07) is 0. The summed E-state index contributed by atoms with van der Waals surface area (Å²) in [4.78, 5) is 23.2. The maximum absolute atomic E-state index is 12.3. The fourth-order valence-corrected chi connectivity index (χ4v) is 1.03. The minimum absolute atomic E-state index is 0.0301. The summed E-state index contributed by atoms with van der Waals surface area (Å²) in [5.41, 5.74) is 2.69. The monoisotopic (exact) mass is 217 g/mol. The molecule has 6 nitrogen and oxygen atoms in total. The van der Waals surface area contributed by atoms with Crippen molar-refractivity contribution in [1.82, 2.24) is 4.98 Å². The summed E-state index contributed by atoms with van der Waals surface area (Å²) in [5.74, 6) is -0.563. The molecule has 80 valence electrons. The molecule has 0 saturated heterocycles. The number of halogens is 2. The number of rotatable bonds is 3. The molecule has 8 heteroatoms. The van der Waals surface area contributed by atoms with Gasteiger partial charge in [0, 0.05) is 6.20 Å². The summed E-state index contributed by atoms with van der Waals surface area (Å²) >= 11 is 0. The lowest BCUT2D eigenvalue weighted by Gasteiger charge is -2.04. The Balaban J connectivity index is 3.54. The van der Waals surface area contributed by atoms with Gasteiger partial charge in [-0.25, -0.2) is 13.8 Å². The van der Waals surface area contributed by atoms with E-state index in [0.29, 0.717) is 6.20 Å². The number of hydrogen-bond acceptors (Lipinski definition) is 5. The molecule has 0 fully saturated rings. The van der Waals surface area contributed by atoms with Gasteiger partial charge in [0.15, 0.2) is 6.29 Å². The van der Waals surface area contributed by atoms with Crippen LogP contribution in [0.3, 0.4) is 0 Å².